The molecule has 24 heavy (non-hydrogen) atoms. The summed E-state index contributed by atoms with van der Waals surface area (Å²) in [5.41, 5.74) is 1.88. The second-order valence-corrected chi connectivity index (χ2v) is 5.41. The first-order chi connectivity index (χ1) is 11.6. The van der Waals surface area contributed by atoms with Gasteiger partial charge < -0.3 is 24.6 Å². The van der Waals surface area contributed by atoms with E-state index in [1.54, 1.807) is 20.3 Å². The first kappa shape index (κ1) is 17.9. The van der Waals surface area contributed by atoms with Crippen molar-refractivity contribution < 1.29 is 19.3 Å². The number of aromatic hydroxyl groups is 1. The van der Waals surface area contributed by atoms with Gasteiger partial charge in [-0.3, -0.25) is 0 Å². The summed E-state index contributed by atoms with van der Waals surface area (Å²) in [6.45, 7) is 5.00. The van der Waals surface area contributed by atoms with Crippen LogP contribution in [0.3, 0.4) is 0 Å². The van der Waals surface area contributed by atoms with Crippen molar-refractivity contribution in [1.82, 2.24) is 5.32 Å². The highest BCUT2D eigenvalue weighted by atomic mass is 16.5. The zero-order valence-corrected chi connectivity index (χ0v) is 14.6. The monoisotopic (exact) mass is 331 g/mol. The highest BCUT2D eigenvalue weighted by molar-refractivity contribution is 5.46. The van der Waals surface area contributed by atoms with Crippen LogP contribution in [0, 0.1) is 0 Å². The van der Waals surface area contributed by atoms with Gasteiger partial charge in [0.1, 0.15) is 0 Å². The fourth-order valence-corrected chi connectivity index (χ4v) is 2.49. The Kier molecular flexibility index (Phi) is 6.32. The van der Waals surface area contributed by atoms with Gasteiger partial charge in [-0.2, -0.15) is 0 Å². The molecule has 2 aromatic carbocycles. The van der Waals surface area contributed by atoms with E-state index >= 15 is 0 Å². The standard InChI is InChI=1S/C19H25NO4/c1-5-24-17-8-6-7-15(19(17)21)12-20-13(2)14-9-10-16(22-3)18(11-14)23-4/h6-11,13,20-21H,5,12H2,1-4H3. The minimum Gasteiger partial charge on any atom is -0.504 e. The first-order valence-corrected chi connectivity index (χ1v) is 7.99. The molecule has 130 valence electrons. The molecule has 0 heterocycles. The summed E-state index contributed by atoms with van der Waals surface area (Å²) in [7, 11) is 3.24. The maximum absolute atomic E-state index is 10.3. The van der Waals surface area contributed by atoms with Crippen molar-refractivity contribution >= 4 is 0 Å². The van der Waals surface area contributed by atoms with E-state index in [2.05, 4.69) is 12.2 Å². The number of benzene rings is 2. The molecule has 5 heteroatoms. The molecule has 0 saturated heterocycles. The number of nitrogens with one attached hydrogen (secondary N) is 1. The van der Waals surface area contributed by atoms with Gasteiger partial charge in [-0.15, -0.1) is 0 Å². The summed E-state index contributed by atoms with van der Waals surface area (Å²) in [6.07, 6.45) is 0. The molecule has 2 N–H and O–H groups in total. The number of hydrogen-bond donors (Lipinski definition) is 2. The van der Waals surface area contributed by atoms with Gasteiger partial charge in [-0.25, -0.2) is 0 Å². The summed E-state index contributed by atoms with van der Waals surface area (Å²) < 4.78 is 16.0. The van der Waals surface area contributed by atoms with Crippen molar-refractivity contribution in [2.75, 3.05) is 20.8 Å². The highest BCUT2D eigenvalue weighted by Crippen LogP contribution is 2.32. The van der Waals surface area contributed by atoms with Gasteiger partial charge in [-0.05, 0) is 37.6 Å². The molecule has 0 aliphatic heterocycles. The third kappa shape index (κ3) is 4.11. The molecular weight excluding hydrogens is 306 g/mol. The number of methoxy groups -OCH3 is 2. The molecule has 0 saturated carbocycles. The Bertz CT molecular complexity index is 672. The number of phenols is 1. The van der Waals surface area contributed by atoms with Crippen LogP contribution in [-0.2, 0) is 6.54 Å². The Morgan fingerprint density at radius 2 is 1.79 bits per heavy atom. The van der Waals surface area contributed by atoms with Crippen molar-refractivity contribution in [3.8, 4) is 23.0 Å². The molecule has 0 aliphatic carbocycles. The Hall–Kier alpha value is -2.40. The number of rotatable bonds is 8. The molecule has 0 aliphatic rings. The lowest BCUT2D eigenvalue weighted by Gasteiger charge is -2.17. The van der Waals surface area contributed by atoms with Crippen LogP contribution in [0.1, 0.15) is 31.0 Å². The number of hydrogen-bond acceptors (Lipinski definition) is 5. The largest absolute Gasteiger partial charge is 0.504 e. The van der Waals surface area contributed by atoms with Gasteiger partial charge in [-0.1, -0.05) is 18.2 Å². The first-order valence-electron chi connectivity index (χ1n) is 7.99. The second kappa shape index (κ2) is 8.45. The minimum absolute atomic E-state index is 0.0833. The molecular formula is C19H25NO4. The van der Waals surface area contributed by atoms with E-state index in [-0.39, 0.29) is 11.8 Å². The topological polar surface area (TPSA) is 60.0 Å². The summed E-state index contributed by atoms with van der Waals surface area (Å²) in [5.74, 6) is 2.10. The molecule has 0 aromatic heterocycles. The molecule has 0 radical (unpaired) electrons. The maximum atomic E-state index is 10.3. The minimum atomic E-state index is 0.0833. The Balaban J connectivity index is 2.08. The van der Waals surface area contributed by atoms with Gasteiger partial charge in [0.05, 0.1) is 20.8 Å². The van der Waals surface area contributed by atoms with E-state index in [0.717, 1.165) is 11.1 Å². The Morgan fingerprint density at radius 1 is 1.04 bits per heavy atom. The summed E-state index contributed by atoms with van der Waals surface area (Å²) in [4.78, 5) is 0. The van der Waals surface area contributed by atoms with Gasteiger partial charge in [0.2, 0.25) is 0 Å². The lowest BCUT2D eigenvalue weighted by atomic mass is 10.1. The van der Waals surface area contributed by atoms with Crippen LogP contribution in [0.25, 0.3) is 0 Å². The average molecular weight is 331 g/mol. The van der Waals surface area contributed by atoms with Gasteiger partial charge in [0, 0.05) is 18.2 Å². The molecule has 0 spiro atoms. The van der Waals surface area contributed by atoms with E-state index < -0.39 is 0 Å². The molecule has 5 nitrogen and oxygen atoms in total. The lowest BCUT2D eigenvalue weighted by molar-refractivity contribution is 0.316. The molecule has 0 fully saturated rings. The smallest absolute Gasteiger partial charge is 0.162 e. The van der Waals surface area contributed by atoms with Crippen LogP contribution >= 0.6 is 0 Å². The number of para-hydroxylation sites is 1. The van der Waals surface area contributed by atoms with E-state index in [9.17, 15) is 5.11 Å². The molecule has 0 bridgehead atoms. The Labute approximate surface area is 143 Å². The average Bonchev–Trinajstić information content (AvgIpc) is 2.61. The van der Waals surface area contributed by atoms with Crippen LogP contribution < -0.4 is 19.5 Å². The normalized spacial score (nSPS) is 11.8. The van der Waals surface area contributed by atoms with E-state index in [0.29, 0.717) is 30.4 Å². The predicted octanol–water partition coefficient (Wildman–Crippen LogP) is 3.66. The zero-order valence-electron chi connectivity index (χ0n) is 14.6. The van der Waals surface area contributed by atoms with Crippen LogP contribution in [0.15, 0.2) is 36.4 Å². The molecule has 2 rings (SSSR count). The van der Waals surface area contributed by atoms with Gasteiger partial charge >= 0.3 is 0 Å². The van der Waals surface area contributed by atoms with Crippen LogP contribution in [0.2, 0.25) is 0 Å². The lowest BCUT2D eigenvalue weighted by Crippen LogP contribution is -2.18. The van der Waals surface area contributed by atoms with Crippen molar-refractivity contribution in [1.29, 1.82) is 0 Å². The maximum Gasteiger partial charge on any atom is 0.162 e. The fourth-order valence-electron chi connectivity index (χ4n) is 2.49. The predicted molar refractivity (Wildman–Crippen MR) is 94.1 cm³/mol. The van der Waals surface area contributed by atoms with Crippen LogP contribution in [-0.4, -0.2) is 25.9 Å². The summed E-state index contributed by atoms with van der Waals surface area (Å²) in [6, 6.07) is 11.4. The van der Waals surface area contributed by atoms with Crippen molar-refractivity contribution in [3.63, 3.8) is 0 Å². The van der Waals surface area contributed by atoms with E-state index in [4.69, 9.17) is 14.2 Å². The van der Waals surface area contributed by atoms with Crippen molar-refractivity contribution in [2.24, 2.45) is 0 Å². The van der Waals surface area contributed by atoms with Crippen LogP contribution in [0.5, 0.6) is 23.0 Å². The van der Waals surface area contributed by atoms with Gasteiger partial charge in [0.25, 0.3) is 0 Å². The highest BCUT2D eigenvalue weighted by Gasteiger charge is 2.12. The fraction of sp³-hybridized carbons (Fsp3) is 0.368. The second-order valence-electron chi connectivity index (χ2n) is 5.41. The summed E-state index contributed by atoms with van der Waals surface area (Å²) in [5, 5.41) is 13.7. The van der Waals surface area contributed by atoms with E-state index in [1.807, 2.05) is 37.3 Å². The number of phenolic OH excluding ortho intramolecular Hbond substituents is 1. The van der Waals surface area contributed by atoms with Crippen LogP contribution in [0.4, 0.5) is 0 Å². The molecule has 0 amide bonds. The zero-order chi connectivity index (χ0) is 17.5. The SMILES string of the molecule is CCOc1cccc(CNC(C)c2ccc(OC)c(OC)c2)c1O. The quantitative estimate of drug-likeness (QED) is 0.773. The van der Waals surface area contributed by atoms with Gasteiger partial charge in [0.15, 0.2) is 23.0 Å². The third-order valence-electron chi connectivity index (χ3n) is 3.89. The van der Waals surface area contributed by atoms with Crippen molar-refractivity contribution in [2.45, 2.75) is 26.4 Å². The third-order valence-corrected chi connectivity index (χ3v) is 3.89. The Morgan fingerprint density at radius 3 is 2.46 bits per heavy atom. The van der Waals surface area contributed by atoms with E-state index in [1.165, 1.54) is 0 Å². The van der Waals surface area contributed by atoms with Crippen molar-refractivity contribution in [3.05, 3.63) is 47.5 Å². The molecule has 2 aromatic rings. The summed E-state index contributed by atoms with van der Waals surface area (Å²) >= 11 is 0. The molecule has 1 unspecified atom stereocenters. The number of ether oxygens (including phenoxy) is 3. The molecule has 1 atom stereocenters.